The van der Waals surface area contributed by atoms with Crippen molar-refractivity contribution in [3.05, 3.63) is 95.2 Å². The second kappa shape index (κ2) is 9.44. The van der Waals surface area contributed by atoms with Gasteiger partial charge >= 0.3 is 0 Å². The van der Waals surface area contributed by atoms with E-state index in [0.29, 0.717) is 22.8 Å². The summed E-state index contributed by atoms with van der Waals surface area (Å²) in [6.07, 6.45) is 1.69. The first-order valence-electron chi connectivity index (χ1n) is 10.4. The smallest absolute Gasteiger partial charge is 0.291 e. The van der Waals surface area contributed by atoms with Crippen molar-refractivity contribution < 1.29 is 18.7 Å². The molecule has 8 heteroatoms. The molecule has 0 atom stereocenters. The quantitative estimate of drug-likeness (QED) is 0.430. The predicted molar refractivity (Wildman–Crippen MR) is 125 cm³/mol. The average Bonchev–Trinajstić information content (AvgIpc) is 3.44. The lowest BCUT2D eigenvalue weighted by atomic mass is 10.1. The van der Waals surface area contributed by atoms with Gasteiger partial charge in [-0.15, -0.1) is 0 Å². The molecule has 2 amide bonds. The third-order valence-electron chi connectivity index (χ3n) is 4.92. The first-order valence-corrected chi connectivity index (χ1v) is 10.4. The summed E-state index contributed by atoms with van der Waals surface area (Å²) in [5.41, 5.74) is 3.49. The zero-order valence-corrected chi connectivity index (χ0v) is 18.6. The lowest BCUT2D eigenvalue weighted by Crippen LogP contribution is -2.14. The number of anilines is 2. The number of hydrogen-bond acceptors (Lipinski definition) is 5. The lowest BCUT2D eigenvalue weighted by Gasteiger charge is -2.09. The van der Waals surface area contributed by atoms with Gasteiger partial charge in [0, 0.05) is 24.6 Å². The molecule has 2 aromatic heterocycles. The molecule has 0 spiro atoms. The summed E-state index contributed by atoms with van der Waals surface area (Å²) in [5.74, 6) is 0.747. The number of amides is 2. The topological polar surface area (TPSA) is 98.4 Å². The van der Waals surface area contributed by atoms with Gasteiger partial charge in [0.1, 0.15) is 18.1 Å². The SMILES string of the molecule is Cc1ccc(C)c(OCc2ccc(C(=O)Nc3cccc(NC(=O)c4ccn(C)n4)c3)o2)c1. The fourth-order valence-corrected chi connectivity index (χ4v) is 3.19. The Morgan fingerprint density at radius 1 is 0.970 bits per heavy atom. The van der Waals surface area contributed by atoms with E-state index in [1.54, 1.807) is 60.4 Å². The number of ether oxygens (including phenoxy) is 1. The minimum Gasteiger partial charge on any atom is -0.485 e. The molecule has 4 aromatic rings. The van der Waals surface area contributed by atoms with Crippen LogP contribution in [0.3, 0.4) is 0 Å². The average molecular weight is 444 g/mol. The summed E-state index contributed by atoms with van der Waals surface area (Å²) in [5, 5.41) is 9.61. The second-order valence-corrected chi connectivity index (χ2v) is 7.69. The highest BCUT2D eigenvalue weighted by atomic mass is 16.5. The van der Waals surface area contributed by atoms with Crippen molar-refractivity contribution in [2.45, 2.75) is 20.5 Å². The third kappa shape index (κ3) is 5.48. The molecule has 0 fully saturated rings. The molecular formula is C25H24N4O4. The number of furan rings is 1. The van der Waals surface area contributed by atoms with Crippen molar-refractivity contribution >= 4 is 23.2 Å². The largest absolute Gasteiger partial charge is 0.485 e. The predicted octanol–water partition coefficient (Wildman–Crippen LogP) is 4.71. The maximum Gasteiger partial charge on any atom is 0.291 e. The van der Waals surface area contributed by atoms with Gasteiger partial charge in [-0.3, -0.25) is 14.3 Å². The Labute approximate surface area is 191 Å². The highest BCUT2D eigenvalue weighted by molar-refractivity contribution is 6.04. The van der Waals surface area contributed by atoms with Crippen LogP contribution in [0.1, 0.15) is 37.9 Å². The van der Waals surface area contributed by atoms with Crippen LogP contribution in [0.4, 0.5) is 11.4 Å². The van der Waals surface area contributed by atoms with E-state index in [0.717, 1.165) is 16.9 Å². The molecule has 8 nitrogen and oxygen atoms in total. The Bertz CT molecular complexity index is 1310. The van der Waals surface area contributed by atoms with Crippen molar-refractivity contribution in [1.82, 2.24) is 9.78 Å². The molecule has 0 bridgehead atoms. The monoisotopic (exact) mass is 444 g/mol. The summed E-state index contributed by atoms with van der Waals surface area (Å²) < 4.78 is 13.0. The summed E-state index contributed by atoms with van der Waals surface area (Å²) >= 11 is 0. The molecule has 0 aliphatic rings. The Morgan fingerprint density at radius 3 is 2.45 bits per heavy atom. The van der Waals surface area contributed by atoms with Crippen LogP contribution in [0.15, 0.2) is 71.3 Å². The number of hydrogen-bond donors (Lipinski definition) is 2. The van der Waals surface area contributed by atoms with E-state index in [9.17, 15) is 9.59 Å². The van der Waals surface area contributed by atoms with Crippen LogP contribution in [-0.2, 0) is 13.7 Å². The molecule has 2 N–H and O–H groups in total. The molecule has 168 valence electrons. The summed E-state index contributed by atoms with van der Waals surface area (Å²) in [4.78, 5) is 24.9. The highest BCUT2D eigenvalue weighted by Gasteiger charge is 2.14. The summed E-state index contributed by atoms with van der Waals surface area (Å²) in [7, 11) is 1.74. The van der Waals surface area contributed by atoms with E-state index in [1.807, 2.05) is 32.0 Å². The maximum absolute atomic E-state index is 12.6. The minimum atomic E-state index is -0.402. The van der Waals surface area contributed by atoms with Crippen LogP contribution in [-0.4, -0.2) is 21.6 Å². The van der Waals surface area contributed by atoms with Crippen molar-refractivity contribution in [2.24, 2.45) is 7.05 Å². The van der Waals surface area contributed by atoms with Crippen LogP contribution in [0.5, 0.6) is 5.75 Å². The van der Waals surface area contributed by atoms with E-state index < -0.39 is 5.91 Å². The van der Waals surface area contributed by atoms with E-state index in [4.69, 9.17) is 9.15 Å². The van der Waals surface area contributed by atoms with Crippen LogP contribution in [0, 0.1) is 13.8 Å². The van der Waals surface area contributed by atoms with Crippen LogP contribution in [0.25, 0.3) is 0 Å². The van der Waals surface area contributed by atoms with E-state index in [1.165, 1.54) is 0 Å². The molecule has 0 saturated carbocycles. The molecule has 0 aliphatic heterocycles. The van der Waals surface area contributed by atoms with E-state index >= 15 is 0 Å². The molecule has 0 saturated heterocycles. The number of nitrogens with one attached hydrogen (secondary N) is 2. The normalized spacial score (nSPS) is 10.6. The molecule has 33 heavy (non-hydrogen) atoms. The summed E-state index contributed by atoms with van der Waals surface area (Å²) in [6, 6.07) is 17.8. The maximum atomic E-state index is 12.6. The van der Waals surface area contributed by atoms with Crippen LogP contribution >= 0.6 is 0 Å². The first-order chi connectivity index (χ1) is 15.9. The van der Waals surface area contributed by atoms with Gasteiger partial charge in [0.2, 0.25) is 0 Å². The number of nitrogens with zero attached hydrogens (tertiary/aromatic N) is 2. The number of benzene rings is 2. The van der Waals surface area contributed by atoms with Crippen LogP contribution < -0.4 is 15.4 Å². The fourth-order valence-electron chi connectivity index (χ4n) is 3.19. The number of carbonyl (C=O) groups is 2. The highest BCUT2D eigenvalue weighted by Crippen LogP contribution is 2.22. The van der Waals surface area contributed by atoms with Crippen molar-refractivity contribution in [1.29, 1.82) is 0 Å². The van der Waals surface area contributed by atoms with Crippen molar-refractivity contribution in [3.8, 4) is 5.75 Å². The van der Waals surface area contributed by atoms with Gasteiger partial charge in [-0.25, -0.2) is 0 Å². The molecule has 2 heterocycles. The van der Waals surface area contributed by atoms with Crippen molar-refractivity contribution in [3.63, 3.8) is 0 Å². The van der Waals surface area contributed by atoms with Gasteiger partial charge < -0.3 is 19.8 Å². The molecular weight excluding hydrogens is 420 g/mol. The molecule has 0 radical (unpaired) electrons. The van der Waals surface area contributed by atoms with Gasteiger partial charge in [-0.2, -0.15) is 5.10 Å². The van der Waals surface area contributed by atoms with Crippen LogP contribution in [0.2, 0.25) is 0 Å². The molecule has 2 aromatic carbocycles. The fraction of sp³-hybridized carbons (Fsp3) is 0.160. The Kier molecular flexibility index (Phi) is 6.26. The Morgan fingerprint density at radius 2 is 1.73 bits per heavy atom. The molecule has 0 unspecified atom stereocenters. The number of aryl methyl sites for hydroxylation is 3. The third-order valence-corrected chi connectivity index (χ3v) is 4.92. The standard InChI is InChI=1S/C25H24N4O4/c1-16-7-8-17(2)23(13-16)32-15-20-9-10-22(33-20)25(31)27-19-6-4-5-18(14-19)26-24(30)21-11-12-29(3)28-21/h4-14H,15H2,1-3H3,(H,26,30)(H,27,31). The molecule has 0 aliphatic carbocycles. The zero-order valence-electron chi connectivity index (χ0n) is 18.6. The Balaban J connectivity index is 1.36. The Hall–Kier alpha value is -4.33. The summed E-state index contributed by atoms with van der Waals surface area (Å²) in [6.45, 7) is 4.19. The number of aromatic nitrogens is 2. The van der Waals surface area contributed by atoms with E-state index in [-0.39, 0.29) is 18.3 Å². The first kappa shape index (κ1) is 21.9. The van der Waals surface area contributed by atoms with Gasteiger partial charge in [-0.1, -0.05) is 18.2 Å². The molecule has 4 rings (SSSR count). The van der Waals surface area contributed by atoms with Gasteiger partial charge in [0.25, 0.3) is 11.8 Å². The van der Waals surface area contributed by atoms with Gasteiger partial charge in [0.15, 0.2) is 11.5 Å². The van der Waals surface area contributed by atoms with Gasteiger partial charge in [0.05, 0.1) is 0 Å². The minimum absolute atomic E-state index is 0.164. The van der Waals surface area contributed by atoms with Crippen molar-refractivity contribution in [2.75, 3.05) is 10.6 Å². The lowest BCUT2D eigenvalue weighted by molar-refractivity contribution is 0.0991. The van der Waals surface area contributed by atoms with E-state index in [2.05, 4.69) is 15.7 Å². The number of carbonyl (C=O) groups excluding carboxylic acids is 2. The zero-order chi connectivity index (χ0) is 23.4. The second-order valence-electron chi connectivity index (χ2n) is 7.69. The van der Waals surface area contributed by atoms with Gasteiger partial charge in [-0.05, 0) is 67.4 Å². The number of rotatable bonds is 7.